The zero-order valence-corrected chi connectivity index (χ0v) is 8.85. The minimum Gasteiger partial charge on any atom is -0.392 e. The van der Waals surface area contributed by atoms with Gasteiger partial charge in [-0.2, -0.15) is 11.8 Å². The number of thioether (sulfide) groups is 1. The second-order valence-electron chi connectivity index (χ2n) is 4.15. The van der Waals surface area contributed by atoms with Gasteiger partial charge in [-0.25, -0.2) is 0 Å². The van der Waals surface area contributed by atoms with Crippen LogP contribution in [-0.2, 0) is 0 Å². The maximum absolute atomic E-state index is 10.1. The predicted octanol–water partition coefficient (Wildman–Crippen LogP) is 1.24. The Balaban J connectivity index is 1.83. The lowest BCUT2D eigenvalue weighted by Gasteiger charge is -2.30. The SMILES string of the molecule is OC(C1CCCC1)C1CNCCS1. The molecule has 1 heterocycles. The Morgan fingerprint density at radius 3 is 2.69 bits per heavy atom. The van der Waals surface area contributed by atoms with Gasteiger partial charge < -0.3 is 10.4 Å². The van der Waals surface area contributed by atoms with Crippen LogP contribution in [0.2, 0.25) is 0 Å². The van der Waals surface area contributed by atoms with E-state index in [1.165, 1.54) is 25.7 Å². The van der Waals surface area contributed by atoms with Crippen molar-refractivity contribution in [2.45, 2.75) is 37.0 Å². The van der Waals surface area contributed by atoms with E-state index in [2.05, 4.69) is 5.32 Å². The molecule has 0 aromatic rings. The molecule has 0 amide bonds. The fourth-order valence-corrected chi connectivity index (χ4v) is 3.63. The molecule has 13 heavy (non-hydrogen) atoms. The Hall–Kier alpha value is 0.270. The van der Waals surface area contributed by atoms with E-state index in [9.17, 15) is 5.11 Å². The van der Waals surface area contributed by atoms with Crippen LogP contribution in [0.25, 0.3) is 0 Å². The van der Waals surface area contributed by atoms with Gasteiger partial charge in [-0.05, 0) is 18.8 Å². The molecule has 2 nitrogen and oxygen atoms in total. The Labute approximate surface area is 84.5 Å². The van der Waals surface area contributed by atoms with Gasteiger partial charge in [0.25, 0.3) is 0 Å². The summed E-state index contributed by atoms with van der Waals surface area (Å²) >= 11 is 1.95. The summed E-state index contributed by atoms with van der Waals surface area (Å²) in [7, 11) is 0. The van der Waals surface area contributed by atoms with Crippen molar-refractivity contribution in [2.24, 2.45) is 5.92 Å². The number of aliphatic hydroxyl groups is 1. The summed E-state index contributed by atoms with van der Waals surface area (Å²) in [5, 5.41) is 13.9. The first kappa shape index (κ1) is 9.81. The molecule has 0 aromatic carbocycles. The average Bonchev–Trinajstić information content (AvgIpc) is 2.71. The summed E-state index contributed by atoms with van der Waals surface area (Å²) in [5.41, 5.74) is 0. The third-order valence-corrected chi connectivity index (χ3v) is 4.53. The van der Waals surface area contributed by atoms with Crippen LogP contribution < -0.4 is 5.32 Å². The van der Waals surface area contributed by atoms with E-state index in [1.54, 1.807) is 0 Å². The standard InChI is InChI=1S/C10H19NOS/c12-10(8-3-1-2-4-8)9-7-11-5-6-13-9/h8-12H,1-7H2. The largest absolute Gasteiger partial charge is 0.392 e. The zero-order valence-electron chi connectivity index (χ0n) is 8.04. The van der Waals surface area contributed by atoms with E-state index in [0.717, 1.165) is 18.8 Å². The fourth-order valence-electron chi connectivity index (χ4n) is 2.41. The minimum atomic E-state index is -0.0553. The van der Waals surface area contributed by atoms with Gasteiger partial charge in [-0.1, -0.05) is 12.8 Å². The van der Waals surface area contributed by atoms with Gasteiger partial charge >= 0.3 is 0 Å². The van der Waals surface area contributed by atoms with Crippen LogP contribution >= 0.6 is 11.8 Å². The van der Waals surface area contributed by atoms with E-state index in [4.69, 9.17) is 0 Å². The van der Waals surface area contributed by atoms with E-state index in [0.29, 0.717) is 11.2 Å². The molecule has 0 bridgehead atoms. The van der Waals surface area contributed by atoms with Gasteiger partial charge in [-0.15, -0.1) is 0 Å². The molecule has 0 aromatic heterocycles. The van der Waals surface area contributed by atoms with Crippen molar-refractivity contribution in [2.75, 3.05) is 18.8 Å². The first-order chi connectivity index (χ1) is 6.38. The monoisotopic (exact) mass is 201 g/mol. The summed E-state index contributed by atoms with van der Waals surface area (Å²) in [4.78, 5) is 0. The predicted molar refractivity (Wildman–Crippen MR) is 57.1 cm³/mol. The third kappa shape index (κ3) is 2.39. The van der Waals surface area contributed by atoms with Gasteiger partial charge in [0.2, 0.25) is 0 Å². The van der Waals surface area contributed by atoms with Crippen LogP contribution in [0.15, 0.2) is 0 Å². The number of hydrogen-bond acceptors (Lipinski definition) is 3. The molecular formula is C10H19NOS. The Bertz CT molecular complexity index is 153. The van der Waals surface area contributed by atoms with Crippen molar-refractivity contribution < 1.29 is 5.11 Å². The highest BCUT2D eigenvalue weighted by molar-refractivity contribution is 8.00. The lowest BCUT2D eigenvalue weighted by molar-refractivity contribution is 0.107. The van der Waals surface area contributed by atoms with Gasteiger partial charge in [0.15, 0.2) is 0 Å². The van der Waals surface area contributed by atoms with Crippen molar-refractivity contribution in [1.29, 1.82) is 0 Å². The Morgan fingerprint density at radius 1 is 1.31 bits per heavy atom. The fraction of sp³-hybridized carbons (Fsp3) is 1.00. The first-order valence-electron chi connectivity index (χ1n) is 5.38. The van der Waals surface area contributed by atoms with Gasteiger partial charge in [0.05, 0.1) is 6.10 Å². The number of rotatable bonds is 2. The molecule has 1 aliphatic heterocycles. The molecule has 2 aliphatic rings. The van der Waals surface area contributed by atoms with Crippen LogP contribution in [0.4, 0.5) is 0 Å². The summed E-state index contributed by atoms with van der Waals surface area (Å²) < 4.78 is 0. The minimum absolute atomic E-state index is 0.0553. The normalized spacial score (nSPS) is 33.5. The maximum atomic E-state index is 10.1. The lowest BCUT2D eigenvalue weighted by atomic mass is 9.98. The summed E-state index contributed by atoms with van der Waals surface area (Å²) in [6.07, 6.45) is 5.09. The van der Waals surface area contributed by atoms with Crippen molar-refractivity contribution >= 4 is 11.8 Å². The highest BCUT2D eigenvalue weighted by Crippen LogP contribution is 2.32. The molecule has 2 atom stereocenters. The topological polar surface area (TPSA) is 32.3 Å². The molecule has 0 radical (unpaired) electrons. The van der Waals surface area contributed by atoms with Gasteiger partial charge in [0, 0.05) is 24.1 Å². The highest BCUT2D eigenvalue weighted by Gasteiger charge is 2.30. The summed E-state index contributed by atoms with van der Waals surface area (Å²) in [5.74, 6) is 1.76. The molecule has 2 N–H and O–H groups in total. The van der Waals surface area contributed by atoms with Gasteiger partial charge in [-0.3, -0.25) is 0 Å². The highest BCUT2D eigenvalue weighted by atomic mass is 32.2. The molecular weight excluding hydrogens is 182 g/mol. The number of hydrogen-bond donors (Lipinski definition) is 2. The van der Waals surface area contributed by atoms with Crippen LogP contribution in [0.3, 0.4) is 0 Å². The van der Waals surface area contributed by atoms with E-state index in [1.807, 2.05) is 11.8 Å². The molecule has 76 valence electrons. The van der Waals surface area contributed by atoms with Crippen LogP contribution in [0.5, 0.6) is 0 Å². The molecule has 3 heteroatoms. The van der Waals surface area contributed by atoms with Gasteiger partial charge in [0.1, 0.15) is 0 Å². The second-order valence-corrected chi connectivity index (χ2v) is 5.50. The number of nitrogens with one attached hydrogen (secondary N) is 1. The van der Waals surface area contributed by atoms with Crippen molar-refractivity contribution in [3.8, 4) is 0 Å². The molecule has 2 rings (SSSR count). The maximum Gasteiger partial charge on any atom is 0.0699 e. The molecule has 2 unspecified atom stereocenters. The smallest absolute Gasteiger partial charge is 0.0699 e. The Morgan fingerprint density at radius 2 is 2.08 bits per heavy atom. The summed E-state index contributed by atoms with van der Waals surface area (Å²) in [6.45, 7) is 2.11. The van der Waals surface area contributed by atoms with Crippen molar-refractivity contribution in [3.63, 3.8) is 0 Å². The first-order valence-corrected chi connectivity index (χ1v) is 6.43. The van der Waals surface area contributed by atoms with Crippen molar-refractivity contribution in [3.05, 3.63) is 0 Å². The second kappa shape index (κ2) is 4.67. The van der Waals surface area contributed by atoms with E-state index < -0.39 is 0 Å². The quantitative estimate of drug-likeness (QED) is 0.705. The molecule has 1 saturated heterocycles. The van der Waals surface area contributed by atoms with E-state index in [-0.39, 0.29) is 6.10 Å². The summed E-state index contributed by atoms with van der Waals surface area (Å²) in [6, 6.07) is 0. The van der Waals surface area contributed by atoms with Crippen LogP contribution in [0.1, 0.15) is 25.7 Å². The molecule has 1 aliphatic carbocycles. The van der Waals surface area contributed by atoms with Crippen LogP contribution in [-0.4, -0.2) is 35.3 Å². The lowest BCUT2D eigenvalue weighted by Crippen LogP contribution is -2.42. The zero-order chi connectivity index (χ0) is 9.10. The molecule has 2 fully saturated rings. The number of aliphatic hydroxyl groups excluding tert-OH is 1. The molecule has 1 saturated carbocycles. The van der Waals surface area contributed by atoms with Crippen molar-refractivity contribution in [1.82, 2.24) is 5.32 Å². The van der Waals surface area contributed by atoms with E-state index >= 15 is 0 Å². The van der Waals surface area contributed by atoms with Crippen LogP contribution in [0, 0.1) is 5.92 Å². The third-order valence-electron chi connectivity index (χ3n) is 3.22. The molecule has 0 spiro atoms. The average molecular weight is 201 g/mol. The Kier molecular flexibility index (Phi) is 3.52.